The van der Waals surface area contributed by atoms with Gasteiger partial charge in [-0.15, -0.1) is 0 Å². The van der Waals surface area contributed by atoms with Crippen LogP contribution < -0.4 is 0 Å². The highest BCUT2D eigenvalue weighted by Crippen LogP contribution is 2.66. The van der Waals surface area contributed by atoms with Gasteiger partial charge in [-0.2, -0.15) is 0 Å². The second-order valence-corrected chi connectivity index (χ2v) is 12.9. The molecular formula is C29H50O. The SMILES string of the molecule is CC[C@H](CC[C@@H](C)[C@@H]1CC[C@H]2[C@@H]3CC[C@@H]4C[C@H](O)CC[C@@]4(C)C3=CC[C@]12C)C(C)C. The highest BCUT2D eigenvalue weighted by molar-refractivity contribution is 5.29. The van der Waals surface area contributed by atoms with E-state index >= 15 is 0 Å². The largest absolute Gasteiger partial charge is 0.393 e. The van der Waals surface area contributed by atoms with Crippen molar-refractivity contribution in [3.05, 3.63) is 11.6 Å². The molecule has 0 bridgehead atoms. The van der Waals surface area contributed by atoms with E-state index in [9.17, 15) is 5.11 Å². The Hall–Kier alpha value is -0.300. The molecule has 0 saturated heterocycles. The number of aliphatic hydroxyl groups excluding tert-OH is 1. The number of rotatable bonds is 6. The lowest BCUT2D eigenvalue weighted by Gasteiger charge is -2.57. The molecule has 0 spiro atoms. The first-order valence-corrected chi connectivity index (χ1v) is 13.6. The summed E-state index contributed by atoms with van der Waals surface area (Å²) in [5.74, 6) is 6.03. The molecule has 3 fully saturated rings. The van der Waals surface area contributed by atoms with Gasteiger partial charge in [0.2, 0.25) is 0 Å². The zero-order valence-electron chi connectivity index (χ0n) is 20.9. The summed E-state index contributed by atoms with van der Waals surface area (Å²) in [5.41, 5.74) is 2.76. The van der Waals surface area contributed by atoms with Gasteiger partial charge in [-0.3, -0.25) is 0 Å². The van der Waals surface area contributed by atoms with Gasteiger partial charge < -0.3 is 5.11 Å². The fourth-order valence-corrected chi connectivity index (χ4v) is 9.16. The molecule has 4 aliphatic rings. The maximum absolute atomic E-state index is 10.3. The van der Waals surface area contributed by atoms with Crippen molar-refractivity contribution in [3.63, 3.8) is 0 Å². The molecule has 1 nitrogen and oxygen atoms in total. The smallest absolute Gasteiger partial charge is 0.0543 e. The van der Waals surface area contributed by atoms with Gasteiger partial charge in [-0.05, 0) is 110 Å². The molecule has 0 aromatic heterocycles. The molecule has 3 saturated carbocycles. The normalized spacial score (nSPS) is 45.3. The summed E-state index contributed by atoms with van der Waals surface area (Å²) in [4.78, 5) is 0. The van der Waals surface area contributed by atoms with Crippen LogP contribution >= 0.6 is 0 Å². The van der Waals surface area contributed by atoms with Crippen LogP contribution in [0.15, 0.2) is 11.6 Å². The molecule has 30 heavy (non-hydrogen) atoms. The second kappa shape index (κ2) is 8.57. The third kappa shape index (κ3) is 3.74. The molecule has 9 atom stereocenters. The summed E-state index contributed by atoms with van der Waals surface area (Å²) in [6, 6.07) is 0. The lowest BCUT2D eigenvalue weighted by Crippen LogP contribution is -2.48. The summed E-state index contributed by atoms with van der Waals surface area (Å²) >= 11 is 0. The first kappa shape index (κ1) is 22.9. The maximum Gasteiger partial charge on any atom is 0.0543 e. The third-order valence-electron chi connectivity index (χ3n) is 11.2. The number of hydrogen-bond donors (Lipinski definition) is 1. The van der Waals surface area contributed by atoms with Crippen LogP contribution in [0.4, 0.5) is 0 Å². The van der Waals surface area contributed by atoms with Crippen molar-refractivity contribution in [2.45, 2.75) is 118 Å². The van der Waals surface area contributed by atoms with Crippen LogP contribution in [0.2, 0.25) is 0 Å². The molecule has 0 aromatic rings. The van der Waals surface area contributed by atoms with Gasteiger partial charge >= 0.3 is 0 Å². The summed E-state index contributed by atoms with van der Waals surface area (Å²) in [6.07, 6.45) is 17.2. The Morgan fingerprint density at radius 3 is 2.50 bits per heavy atom. The van der Waals surface area contributed by atoms with E-state index in [2.05, 4.69) is 47.6 Å². The molecule has 4 rings (SSSR count). The summed E-state index contributed by atoms with van der Waals surface area (Å²) in [5, 5.41) is 10.3. The Balaban J connectivity index is 1.49. The molecule has 0 aliphatic heterocycles. The lowest BCUT2D eigenvalue weighted by molar-refractivity contribution is -0.0160. The lowest BCUT2D eigenvalue weighted by atomic mass is 9.48. The van der Waals surface area contributed by atoms with Crippen molar-refractivity contribution >= 4 is 0 Å². The van der Waals surface area contributed by atoms with Gasteiger partial charge in [-0.1, -0.05) is 66.0 Å². The number of fused-ring (bicyclic) bond motifs is 5. The molecule has 172 valence electrons. The highest BCUT2D eigenvalue weighted by Gasteiger charge is 2.57. The molecule has 0 radical (unpaired) electrons. The molecule has 0 amide bonds. The van der Waals surface area contributed by atoms with E-state index in [1.807, 2.05) is 5.57 Å². The minimum atomic E-state index is -0.0384. The van der Waals surface area contributed by atoms with Gasteiger partial charge in [0.25, 0.3) is 0 Å². The van der Waals surface area contributed by atoms with Crippen molar-refractivity contribution in [3.8, 4) is 0 Å². The Morgan fingerprint density at radius 1 is 1.03 bits per heavy atom. The first-order valence-electron chi connectivity index (χ1n) is 13.6. The topological polar surface area (TPSA) is 20.2 Å². The van der Waals surface area contributed by atoms with E-state index in [4.69, 9.17) is 0 Å². The average molecular weight is 415 g/mol. The van der Waals surface area contributed by atoms with Crippen molar-refractivity contribution in [2.24, 2.45) is 52.3 Å². The van der Waals surface area contributed by atoms with Crippen LogP contribution in [-0.4, -0.2) is 11.2 Å². The van der Waals surface area contributed by atoms with E-state index in [-0.39, 0.29) is 6.10 Å². The van der Waals surface area contributed by atoms with Crippen LogP contribution in [-0.2, 0) is 0 Å². The zero-order valence-corrected chi connectivity index (χ0v) is 20.9. The van der Waals surface area contributed by atoms with Crippen molar-refractivity contribution < 1.29 is 5.11 Å². The van der Waals surface area contributed by atoms with Crippen LogP contribution in [0.1, 0.15) is 112 Å². The number of allylic oxidation sites excluding steroid dienone is 2. The minimum absolute atomic E-state index is 0.0384. The summed E-state index contributed by atoms with van der Waals surface area (Å²) in [6.45, 7) is 15.1. The Labute approximate surface area is 187 Å². The maximum atomic E-state index is 10.3. The standard InChI is InChI=1S/C29H50O/c1-7-21(19(2)3)9-8-20(4)25-12-13-26-24-11-10-22-18-23(30)14-16-28(22,5)27(24)15-17-29(25,26)6/h15,19-26,30H,7-14,16-18H2,1-6H3/t20-,21-,22-,23-,24+,25+,26+,28-,29-/m1/s1. The van der Waals surface area contributed by atoms with Gasteiger partial charge in [0.1, 0.15) is 0 Å². The van der Waals surface area contributed by atoms with E-state index < -0.39 is 0 Å². The van der Waals surface area contributed by atoms with Gasteiger partial charge in [0.05, 0.1) is 6.10 Å². The molecule has 0 heterocycles. The molecule has 0 unspecified atom stereocenters. The summed E-state index contributed by atoms with van der Waals surface area (Å²) < 4.78 is 0. The van der Waals surface area contributed by atoms with Crippen LogP contribution in [0.3, 0.4) is 0 Å². The highest BCUT2D eigenvalue weighted by atomic mass is 16.3. The molecule has 1 heteroatoms. The van der Waals surface area contributed by atoms with Crippen molar-refractivity contribution in [1.82, 2.24) is 0 Å². The third-order valence-corrected chi connectivity index (χ3v) is 11.2. The van der Waals surface area contributed by atoms with E-state index in [0.29, 0.717) is 10.8 Å². The number of hydrogen-bond acceptors (Lipinski definition) is 1. The van der Waals surface area contributed by atoms with E-state index in [0.717, 1.165) is 54.3 Å². The molecule has 1 N–H and O–H groups in total. The quantitative estimate of drug-likeness (QED) is 0.436. The van der Waals surface area contributed by atoms with Crippen molar-refractivity contribution in [2.75, 3.05) is 0 Å². The van der Waals surface area contributed by atoms with E-state index in [1.165, 1.54) is 57.8 Å². The predicted molar refractivity (Wildman–Crippen MR) is 128 cm³/mol. The average Bonchev–Trinajstić information content (AvgIpc) is 3.06. The van der Waals surface area contributed by atoms with Crippen LogP contribution in [0.5, 0.6) is 0 Å². The predicted octanol–water partition coefficient (Wildman–Crippen LogP) is 8.02. The van der Waals surface area contributed by atoms with Gasteiger partial charge in [0, 0.05) is 0 Å². The Morgan fingerprint density at radius 2 is 1.80 bits per heavy atom. The Kier molecular flexibility index (Phi) is 6.53. The fraction of sp³-hybridized carbons (Fsp3) is 0.931. The van der Waals surface area contributed by atoms with E-state index in [1.54, 1.807) is 0 Å². The molecule has 0 aromatic carbocycles. The summed E-state index contributed by atoms with van der Waals surface area (Å²) in [7, 11) is 0. The fourth-order valence-electron chi connectivity index (χ4n) is 9.16. The second-order valence-electron chi connectivity index (χ2n) is 12.9. The Bertz CT molecular complexity index is 634. The van der Waals surface area contributed by atoms with Crippen molar-refractivity contribution in [1.29, 1.82) is 0 Å². The molecule has 4 aliphatic carbocycles. The number of aliphatic hydroxyl groups is 1. The first-order chi connectivity index (χ1) is 14.2. The van der Waals surface area contributed by atoms with Crippen LogP contribution in [0.25, 0.3) is 0 Å². The monoisotopic (exact) mass is 414 g/mol. The molecular weight excluding hydrogens is 364 g/mol. The van der Waals surface area contributed by atoms with Crippen LogP contribution in [0, 0.1) is 52.3 Å². The minimum Gasteiger partial charge on any atom is -0.393 e. The zero-order chi connectivity index (χ0) is 21.7. The van der Waals surface area contributed by atoms with Gasteiger partial charge in [0.15, 0.2) is 0 Å². The van der Waals surface area contributed by atoms with Gasteiger partial charge in [-0.25, -0.2) is 0 Å².